The van der Waals surface area contributed by atoms with E-state index < -0.39 is 32.1 Å². The molecule has 0 nitrogen and oxygen atoms in total. The fourth-order valence-corrected chi connectivity index (χ4v) is 7.14. The van der Waals surface area contributed by atoms with Crippen molar-refractivity contribution in [1.82, 2.24) is 0 Å². The van der Waals surface area contributed by atoms with E-state index in [1.54, 1.807) is 0 Å². The van der Waals surface area contributed by atoms with Gasteiger partial charge in [-0.15, -0.1) is 0 Å². The van der Waals surface area contributed by atoms with Gasteiger partial charge in [-0.1, -0.05) is 56.5 Å². The van der Waals surface area contributed by atoms with Crippen molar-refractivity contribution in [2.45, 2.75) is 63.1 Å². The molecule has 1 radical (unpaired) electrons. The number of benzene rings is 2. The summed E-state index contributed by atoms with van der Waals surface area (Å²) >= 11 is 0. The molecule has 1 aliphatic rings. The number of halogens is 4. The molecule has 0 spiro atoms. The summed E-state index contributed by atoms with van der Waals surface area (Å²) in [6.07, 6.45) is 5.22. The van der Waals surface area contributed by atoms with Gasteiger partial charge in [0.2, 0.25) is 0 Å². The Morgan fingerprint density at radius 3 is 2.19 bits per heavy atom. The van der Waals surface area contributed by atoms with E-state index in [0.29, 0.717) is 0 Å². The zero-order valence-electron chi connectivity index (χ0n) is 15.6. The Kier molecular flexibility index (Phi) is 6.74. The minimum absolute atomic E-state index is 0.147. The lowest BCUT2D eigenvalue weighted by atomic mass is 9.86. The summed E-state index contributed by atoms with van der Waals surface area (Å²) in [5, 5.41) is 0. The Bertz CT molecular complexity index is 762. The lowest BCUT2D eigenvalue weighted by Gasteiger charge is -2.29. The first-order chi connectivity index (χ1) is 13.0. The van der Waals surface area contributed by atoms with Gasteiger partial charge in [0.15, 0.2) is 11.6 Å². The standard InChI is InChI=1S/C22H25F4Si/c1-2-3-4-12-27-13-10-15(11-14-27)20-16(8-9-19(25)22(20)26)21-17(23)6-5-7-18(21)24/h5-9,15H,2-4,10-14H2,1H3. The second-order valence-corrected chi connectivity index (χ2v) is 10.4. The highest BCUT2D eigenvalue weighted by atomic mass is 28.3. The van der Waals surface area contributed by atoms with Crippen LogP contribution >= 0.6 is 0 Å². The van der Waals surface area contributed by atoms with Crippen molar-refractivity contribution in [1.29, 1.82) is 0 Å². The number of rotatable bonds is 6. The highest BCUT2D eigenvalue weighted by Gasteiger charge is 2.30. The van der Waals surface area contributed by atoms with Crippen molar-refractivity contribution in [2.24, 2.45) is 0 Å². The summed E-state index contributed by atoms with van der Waals surface area (Å²) in [6.45, 7) is 2.18. The molecule has 0 aromatic heterocycles. The maximum Gasteiger partial charge on any atom is 0.162 e. The smallest absolute Gasteiger partial charge is 0.162 e. The highest BCUT2D eigenvalue weighted by molar-refractivity contribution is 6.59. The number of hydrogen-bond acceptors (Lipinski definition) is 0. The van der Waals surface area contributed by atoms with E-state index in [-0.39, 0.29) is 22.6 Å². The summed E-state index contributed by atoms with van der Waals surface area (Å²) in [5.74, 6) is -3.59. The third-order valence-corrected chi connectivity index (χ3v) is 8.65. The van der Waals surface area contributed by atoms with Crippen LogP contribution in [0.2, 0.25) is 18.1 Å². The van der Waals surface area contributed by atoms with Crippen LogP contribution in [0.4, 0.5) is 17.6 Å². The Balaban J connectivity index is 1.89. The van der Waals surface area contributed by atoms with Crippen LogP contribution in [0, 0.1) is 23.3 Å². The average molecular weight is 394 g/mol. The normalized spacial score (nSPS) is 16.0. The van der Waals surface area contributed by atoms with Crippen LogP contribution in [-0.4, -0.2) is 8.80 Å². The first-order valence-corrected chi connectivity index (χ1v) is 11.9. The summed E-state index contributed by atoms with van der Waals surface area (Å²) in [4.78, 5) is 0. The van der Waals surface area contributed by atoms with E-state index in [1.807, 2.05) is 0 Å². The Labute approximate surface area is 160 Å². The second kappa shape index (κ2) is 9.05. The molecule has 145 valence electrons. The van der Waals surface area contributed by atoms with Gasteiger partial charge in [0.05, 0.1) is 5.56 Å². The maximum absolute atomic E-state index is 14.7. The molecule has 2 aromatic carbocycles. The van der Waals surface area contributed by atoms with Crippen molar-refractivity contribution >= 4 is 8.80 Å². The van der Waals surface area contributed by atoms with Crippen LogP contribution in [-0.2, 0) is 0 Å². The van der Waals surface area contributed by atoms with Crippen LogP contribution in [0.1, 0.15) is 50.5 Å². The zero-order chi connectivity index (χ0) is 19.4. The van der Waals surface area contributed by atoms with Crippen LogP contribution in [0.15, 0.2) is 30.3 Å². The molecule has 1 heterocycles. The SMILES string of the molecule is CCCCC[Si]1CCC(c2c(-c3c(F)cccc3F)ccc(F)c2F)CC1. The Morgan fingerprint density at radius 2 is 1.56 bits per heavy atom. The highest BCUT2D eigenvalue weighted by Crippen LogP contribution is 2.42. The molecule has 0 aliphatic carbocycles. The Morgan fingerprint density at radius 1 is 0.889 bits per heavy atom. The first-order valence-electron chi connectivity index (χ1n) is 9.78. The molecule has 2 aromatic rings. The summed E-state index contributed by atoms with van der Waals surface area (Å²) < 4.78 is 57.3. The first kappa shape index (κ1) is 20.1. The van der Waals surface area contributed by atoms with E-state index in [9.17, 15) is 17.6 Å². The van der Waals surface area contributed by atoms with Crippen LogP contribution in [0.25, 0.3) is 11.1 Å². The quantitative estimate of drug-likeness (QED) is 0.271. The van der Waals surface area contributed by atoms with Crippen molar-refractivity contribution in [3.8, 4) is 11.1 Å². The third-order valence-electron chi connectivity index (χ3n) is 5.60. The van der Waals surface area contributed by atoms with Crippen LogP contribution < -0.4 is 0 Å². The molecule has 5 heteroatoms. The number of unbranched alkanes of at least 4 members (excludes halogenated alkanes) is 2. The lowest BCUT2D eigenvalue weighted by Crippen LogP contribution is -2.21. The van der Waals surface area contributed by atoms with Gasteiger partial charge in [0.1, 0.15) is 11.6 Å². The van der Waals surface area contributed by atoms with Gasteiger partial charge in [-0.25, -0.2) is 17.6 Å². The maximum atomic E-state index is 14.7. The molecule has 0 unspecified atom stereocenters. The minimum atomic E-state index is -0.957. The molecule has 27 heavy (non-hydrogen) atoms. The minimum Gasteiger partial charge on any atom is -0.206 e. The predicted molar refractivity (Wildman–Crippen MR) is 103 cm³/mol. The molecule has 1 aliphatic heterocycles. The van der Waals surface area contributed by atoms with E-state index in [4.69, 9.17) is 0 Å². The van der Waals surface area contributed by atoms with Crippen LogP contribution in [0.3, 0.4) is 0 Å². The largest absolute Gasteiger partial charge is 0.206 e. The molecule has 0 bridgehead atoms. The van der Waals surface area contributed by atoms with Gasteiger partial charge >= 0.3 is 0 Å². The monoisotopic (exact) mass is 393 g/mol. The topological polar surface area (TPSA) is 0 Å². The molecule has 0 atom stereocenters. The molecule has 3 rings (SSSR count). The molecule has 0 saturated carbocycles. The van der Waals surface area contributed by atoms with Crippen molar-refractivity contribution in [3.05, 3.63) is 59.2 Å². The average Bonchev–Trinajstić information content (AvgIpc) is 2.66. The van der Waals surface area contributed by atoms with E-state index >= 15 is 0 Å². The van der Waals surface area contributed by atoms with E-state index in [1.165, 1.54) is 37.4 Å². The Hall–Kier alpha value is -1.62. The molecule has 1 saturated heterocycles. The van der Waals surface area contributed by atoms with Crippen molar-refractivity contribution in [3.63, 3.8) is 0 Å². The summed E-state index contributed by atoms with van der Waals surface area (Å²) in [7, 11) is -0.440. The zero-order valence-corrected chi connectivity index (χ0v) is 16.6. The van der Waals surface area contributed by atoms with Gasteiger partial charge in [0.25, 0.3) is 0 Å². The van der Waals surface area contributed by atoms with E-state index in [2.05, 4.69) is 6.92 Å². The van der Waals surface area contributed by atoms with Crippen molar-refractivity contribution in [2.75, 3.05) is 0 Å². The van der Waals surface area contributed by atoms with Gasteiger partial charge in [0, 0.05) is 14.4 Å². The molecular formula is C22H25F4Si. The summed E-state index contributed by atoms with van der Waals surface area (Å²) in [6, 6.07) is 9.23. The second-order valence-electron chi connectivity index (χ2n) is 7.40. The fraction of sp³-hybridized carbons (Fsp3) is 0.455. The molecule has 0 amide bonds. The van der Waals surface area contributed by atoms with Gasteiger partial charge in [-0.2, -0.15) is 0 Å². The third kappa shape index (κ3) is 4.45. The molecular weight excluding hydrogens is 368 g/mol. The molecule has 1 fully saturated rings. The number of hydrogen-bond donors (Lipinski definition) is 0. The van der Waals surface area contributed by atoms with Gasteiger partial charge in [-0.3, -0.25) is 0 Å². The fourth-order valence-electron chi connectivity index (χ4n) is 4.13. The van der Waals surface area contributed by atoms with Gasteiger partial charge < -0.3 is 0 Å². The summed E-state index contributed by atoms with van der Waals surface area (Å²) in [5.41, 5.74) is 0.0372. The van der Waals surface area contributed by atoms with E-state index in [0.717, 1.165) is 43.1 Å². The van der Waals surface area contributed by atoms with Crippen LogP contribution in [0.5, 0.6) is 0 Å². The predicted octanol–water partition coefficient (Wildman–Crippen LogP) is 7.47. The van der Waals surface area contributed by atoms with Gasteiger partial charge in [-0.05, 0) is 42.5 Å². The van der Waals surface area contributed by atoms with Crippen molar-refractivity contribution < 1.29 is 17.6 Å². The molecule has 0 N–H and O–H groups in total. The lowest BCUT2D eigenvalue weighted by molar-refractivity contribution is 0.477.